The Morgan fingerprint density at radius 1 is 1.16 bits per heavy atom. The number of nitro groups is 1. The van der Waals surface area contributed by atoms with E-state index in [0.29, 0.717) is 11.3 Å². The highest BCUT2D eigenvalue weighted by Crippen LogP contribution is 2.32. The molecule has 0 saturated heterocycles. The van der Waals surface area contributed by atoms with E-state index >= 15 is 0 Å². The predicted molar refractivity (Wildman–Crippen MR) is 117 cm³/mol. The number of nitrogens with zero attached hydrogens (tertiary/aromatic N) is 1. The molecule has 0 bridgehead atoms. The van der Waals surface area contributed by atoms with Gasteiger partial charge in [0.15, 0.2) is 0 Å². The smallest absolute Gasteiger partial charge is 0.296 e. The van der Waals surface area contributed by atoms with Gasteiger partial charge in [-0.1, -0.05) is 23.8 Å². The van der Waals surface area contributed by atoms with Gasteiger partial charge in [0.1, 0.15) is 29.9 Å². The standard InChI is InChI=1S/C24H22N2O5/c1-15-3-6-18(7-4-15)24(27)25-21-9-8-20(13-22(21)26(28)29)30-14-17-5-10-23-19(12-17)11-16(2)31-23/h3-10,12-13,16H,11,14H2,1-2H3,(H,25,27). The number of carbonyl (C=O) groups excluding carboxylic acids is 1. The van der Waals surface area contributed by atoms with Crippen molar-refractivity contribution in [2.24, 2.45) is 0 Å². The third kappa shape index (κ3) is 4.66. The number of benzene rings is 3. The number of fused-ring (bicyclic) bond motifs is 1. The number of hydrogen-bond acceptors (Lipinski definition) is 5. The maximum atomic E-state index is 12.4. The molecule has 1 N–H and O–H groups in total. The first-order valence-electron chi connectivity index (χ1n) is 9.97. The zero-order chi connectivity index (χ0) is 22.0. The zero-order valence-electron chi connectivity index (χ0n) is 17.3. The molecular formula is C24H22N2O5. The van der Waals surface area contributed by atoms with Crippen LogP contribution in [0.2, 0.25) is 0 Å². The van der Waals surface area contributed by atoms with E-state index in [1.807, 2.05) is 44.2 Å². The fourth-order valence-electron chi connectivity index (χ4n) is 3.49. The number of aryl methyl sites for hydroxylation is 1. The number of rotatable bonds is 6. The van der Waals surface area contributed by atoms with Gasteiger partial charge in [0.05, 0.1) is 11.0 Å². The lowest BCUT2D eigenvalue weighted by atomic mass is 10.1. The summed E-state index contributed by atoms with van der Waals surface area (Å²) in [6, 6.07) is 17.3. The second kappa shape index (κ2) is 8.47. The van der Waals surface area contributed by atoms with Crippen LogP contribution in [-0.2, 0) is 13.0 Å². The maximum Gasteiger partial charge on any atom is 0.296 e. The monoisotopic (exact) mass is 418 g/mol. The Bertz CT molecular complexity index is 1140. The van der Waals surface area contributed by atoms with Crippen LogP contribution in [0.5, 0.6) is 11.5 Å². The minimum atomic E-state index is -0.536. The molecular weight excluding hydrogens is 396 g/mol. The molecule has 0 saturated carbocycles. The molecule has 1 heterocycles. The lowest BCUT2D eigenvalue weighted by molar-refractivity contribution is -0.384. The van der Waals surface area contributed by atoms with Crippen molar-refractivity contribution in [3.8, 4) is 11.5 Å². The Morgan fingerprint density at radius 3 is 2.68 bits per heavy atom. The van der Waals surface area contributed by atoms with Gasteiger partial charge in [-0.3, -0.25) is 14.9 Å². The summed E-state index contributed by atoms with van der Waals surface area (Å²) in [5.74, 6) is 0.831. The van der Waals surface area contributed by atoms with Gasteiger partial charge >= 0.3 is 0 Å². The largest absolute Gasteiger partial charge is 0.490 e. The van der Waals surface area contributed by atoms with Gasteiger partial charge in [-0.25, -0.2) is 0 Å². The number of carbonyl (C=O) groups is 1. The van der Waals surface area contributed by atoms with Crippen molar-refractivity contribution in [3.05, 3.63) is 93.0 Å². The van der Waals surface area contributed by atoms with E-state index in [4.69, 9.17) is 9.47 Å². The van der Waals surface area contributed by atoms with Crippen LogP contribution in [0.3, 0.4) is 0 Å². The molecule has 1 unspecified atom stereocenters. The molecule has 1 aliphatic rings. The van der Waals surface area contributed by atoms with Gasteiger partial charge in [0.2, 0.25) is 0 Å². The van der Waals surface area contributed by atoms with Gasteiger partial charge in [0, 0.05) is 12.0 Å². The van der Waals surface area contributed by atoms with E-state index in [-0.39, 0.29) is 24.1 Å². The molecule has 0 radical (unpaired) electrons. The molecule has 0 fully saturated rings. The first-order chi connectivity index (χ1) is 14.9. The highest BCUT2D eigenvalue weighted by molar-refractivity contribution is 6.05. The summed E-state index contributed by atoms with van der Waals surface area (Å²) < 4.78 is 11.5. The van der Waals surface area contributed by atoms with Crippen LogP contribution in [0, 0.1) is 17.0 Å². The molecule has 7 nitrogen and oxygen atoms in total. The predicted octanol–water partition coefficient (Wildman–Crippen LogP) is 5.06. The molecule has 3 aromatic rings. The number of nitrogens with one attached hydrogen (secondary N) is 1. The summed E-state index contributed by atoms with van der Waals surface area (Å²) in [5, 5.41) is 14.2. The lowest BCUT2D eigenvalue weighted by Crippen LogP contribution is -2.13. The maximum absolute atomic E-state index is 12.4. The highest BCUT2D eigenvalue weighted by Gasteiger charge is 2.20. The SMILES string of the molecule is Cc1ccc(C(=O)Nc2ccc(OCc3ccc4c(c3)CC(C)O4)cc2[N+](=O)[O-])cc1. The molecule has 1 aliphatic heterocycles. The van der Waals surface area contributed by atoms with Crippen molar-refractivity contribution < 1.29 is 19.2 Å². The average Bonchev–Trinajstić information content (AvgIpc) is 3.12. The van der Waals surface area contributed by atoms with Gasteiger partial charge < -0.3 is 14.8 Å². The van der Waals surface area contributed by atoms with Gasteiger partial charge in [0.25, 0.3) is 11.6 Å². The second-order valence-electron chi connectivity index (χ2n) is 7.62. The normalized spacial score (nSPS) is 14.5. The Labute approximate surface area is 179 Å². The van der Waals surface area contributed by atoms with Crippen LogP contribution >= 0.6 is 0 Å². The number of hydrogen-bond donors (Lipinski definition) is 1. The molecule has 0 aromatic heterocycles. The molecule has 4 rings (SSSR count). The Morgan fingerprint density at radius 2 is 1.94 bits per heavy atom. The van der Waals surface area contributed by atoms with Crippen molar-refractivity contribution in [3.63, 3.8) is 0 Å². The zero-order valence-corrected chi connectivity index (χ0v) is 17.3. The van der Waals surface area contributed by atoms with Crippen LogP contribution in [0.4, 0.5) is 11.4 Å². The summed E-state index contributed by atoms with van der Waals surface area (Å²) in [5.41, 5.74) is 3.43. The number of ether oxygens (including phenoxy) is 2. The van der Waals surface area contributed by atoms with Crippen molar-refractivity contribution >= 4 is 17.3 Å². The van der Waals surface area contributed by atoms with Gasteiger partial charge in [-0.15, -0.1) is 0 Å². The average molecular weight is 418 g/mol. The minimum absolute atomic E-state index is 0.117. The van der Waals surface area contributed by atoms with Gasteiger partial charge in [-0.2, -0.15) is 0 Å². The first-order valence-corrected chi connectivity index (χ1v) is 9.97. The summed E-state index contributed by atoms with van der Waals surface area (Å²) in [6.07, 6.45) is 1.01. The minimum Gasteiger partial charge on any atom is -0.490 e. The van der Waals surface area contributed by atoms with Crippen molar-refractivity contribution in [1.29, 1.82) is 0 Å². The summed E-state index contributed by atoms with van der Waals surface area (Å²) >= 11 is 0. The molecule has 1 amide bonds. The van der Waals surface area contributed by atoms with Gasteiger partial charge in [-0.05, 0) is 61.4 Å². The fraction of sp³-hybridized carbons (Fsp3) is 0.208. The number of anilines is 1. The lowest BCUT2D eigenvalue weighted by Gasteiger charge is -2.10. The van der Waals surface area contributed by atoms with Crippen molar-refractivity contribution in [2.75, 3.05) is 5.32 Å². The van der Waals surface area contributed by atoms with E-state index in [0.717, 1.165) is 28.9 Å². The van der Waals surface area contributed by atoms with E-state index in [2.05, 4.69) is 5.32 Å². The summed E-state index contributed by atoms with van der Waals surface area (Å²) in [7, 11) is 0. The van der Waals surface area contributed by atoms with Crippen LogP contribution in [0.15, 0.2) is 60.7 Å². The van der Waals surface area contributed by atoms with Crippen molar-refractivity contribution in [2.45, 2.75) is 33.0 Å². The van der Waals surface area contributed by atoms with Crippen LogP contribution in [-0.4, -0.2) is 16.9 Å². The van der Waals surface area contributed by atoms with Crippen molar-refractivity contribution in [1.82, 2.24) is 0 Å². The summed E-state index contributed by atoms with van der Waals surface area (Å²) in [4.78, 5) is 23.5. The fourth-order valence-corrected chi connectivity index (χ4v) is 3.49. The topological polar surface area (TPSA) is 90.7 Å². The molecule has 0 spiro atoms. The number of nitro benzene ring substituents is 1. The Balaban J connectivity index is 1.47. The summed E-state index contributed by atoms with van der Waals surface area (Å²) in [6.45, 7) is 4.21. The van der Waals surface area contributed by atoms with Crippen LogP contribution < -0.4 is 14.8 Å². The molecule has 158 valence electrons. The highest BCUT2D eigenvalue weighted by atomic mass is 16.6. The Hall–Kier alpha value is -3.87. The Kier molecular flexibility index (Phi) is 5.58. The van der Waals surface area contributed by atoms with E-state index < -0.39 is 10.8 Å². The molecule has 31 heavy (non-hydrogen) atoms. The van der Waals surface area contributed by atoms with Crippen LogP contribution in [0.1, 0.15) is 34.0 Å². The van der Waals surface area contributed by atoms with E-state index in [1.54, 1.807) is 18.2 Å². The molecule has 0 aliphatic carbocycles. The van der Waals surface area contributed by atoms with E-state index in [9.17, 15) is 14.9 Å². The molecule has 1 atom stereocenters. The van der Waals surface area contributed by atoms with E-state index in [1.165, 1.54) is 12.1 Å². The second-order valence-corrected chi connectivity index (χ2v) is 7.62. The third-order valence-corrected chi connectivity index (χ3v) is 5.09. The molecule has 7 heteroatoms. The third-order valence-electron chi connectivity index (χ3n) is 5.09. The quantitative estimate of drug-likeness (QED) is 0.446. The van der Waals surface area contributed by atoms with Crippen LogP contribution in [0.25, 0.3) is 0 Å². The molecule has 3 aromatic carbocycles. The first kappa shape index (κ1) is 20.4. The number of amides is 1.